The number of rotatable bonds is 2. The number of anilines is 1. The fraction of sp³-hybridized carbons (Fsp3) is 0.455. The molecule has 2 rings (SSSR count). The van der Waals surface area contributed by atoms with Crippen molar-refractivity contribution in [3.05, 3.63) is 23.9 Å². The van der Waals surface area contributed by atoms with Crippen LogP contribution < -0.4 is 10.6 Å². The molecule has 0 aromatic carbocycles. The standard InChI is InChI=1S/C11H16N4S/c1-8-7-15(4-5-16-8)10-6-9(11(12)13)2-3-14-10/h2-3,6,8H,4-5,7H2,1H3,(H3,12,13). The first-order chi connectivity index (χ1) is 7.66. The van der Waals surface area contributed by atoms with Crippen molar-refractivity contribution in [2.24, 2.45) is 5.73 Å². The molecule has 0 bridgehead atoms. The van der Waals surface area contributed by atoms with Gasteiger partial charge in [-0.2, -0.15) is 11.8 Å². The Kier molecular flexibility index (Phi) is 3.33. The van der Waals surface area contributed by atoms with Gasteiger partial charge >= 0.3 is 0 Å². The molecule has 0 radical (unpaired) electrons. The third-order valence-electron chi connectivity index (χ3n) is 2.62. The number of nitrogen functional groups attached to an aromatic ring is 1. The van der Waals surface area contributed by atoms with E-state index >= 15 is 0 Å². The van der Waals surface area contributed by atoms with E-state index in [4.69, 9.17) is 11.1 Å². The molecule has 0 spiro atoms. The van der Waals surface area contributed by atoms with E-state index in [2.05, 4.69) is 16.8 Å². The number of thioether (sulfide) groups is 1. The zero-order valence-electron chi connectivity index (χ0n) is 9.31. The largest absolute Gasteiger partial charge is 0.384 e. The van der Waals surface area contributed by atoms with Crippen molar-refractivity contribution in [1.29, 1.82) is 5.41 Å². The summed E-state index contributed by atoms with van der Waals surface area (Å²) in [7, 11) is 0. The second-order valence-electron chi connectivity index (χ2n) is 3.94. The minimum atomic E-state index is 0.100. The van der Waals surface area contributed by atoms with Crippen molar-refractivity contribution in [2.75, 3.05) is 23.7 Å². The molecule has 1 aliphatic heterocycles. The fourth-order valence-electron chi connectivity index (χ4n) is 1.79. The maximum Gasteiger partial charge on any atom is 0.129 e. The van der Waals surface area contributed by atoms with Crippen LogP contribution in [0.1, 0.15) is 12.5 Å². The summed E-state index contributed by atoms with van der Waals surface area (Å²) in [5, 5.41) is 8.05. The Morgan fingerprint density at radius 1 is 1.69 bits per heavy atom. The average Bonchev–Trinajstić information content (AvgIpc) is 2.29. The third-order valence-corrected chi connectivity index (χ3v) is 3.76. The fourth-order valence-corrected chi connectivity index (χ4v) is 2.80. The van der Waals surface area contributed by atoms with Gasteiger partial charge in [-0.05, 0) is 12.1 Å². The van der Waals surface area contributed by atoms with Crippen LogP contribution in [-0.4, -0.2) is 34.9 Å². The van der Waals surface area contributed by atoms with Crippen LogP contribution in [0.15, 0.2) is 18.3 Å². The van der Waals surface area contributed by atoms with E-state index < -0.39 is 0 Å². The summed E-state index contributed by atoms with van der Waals surface area (Å²) in [6.07, 6.45) is 1.72. The molecule has 0 aliphatic carbocycles. The topological polar surface area (TPSA) is 66.0 Å². The Balaban J connectivity index is 2.19. The molecular formula is C11H16N4S. The Morgan fingerprint density at radius 2 is 2.50 bits per heavy atom. The number of nitrogens with zero attached hydrogens (tertiary/aromatic N) is 2. The Labute approximate surface area is 99.7 Å². The Bertz CT molecular complexity index is 393. The Hall–Kier alpha value is -1.23. The number of nitrogens with one attached hydrogen (secondary N) is 1. The van der Waals surface area contributed by atoms with E-state index in [0.717, 1.165) is 30.2 Å². The molecule has 1 aromatic rings. The van der Waals surface area contributed by atoms with Gasteiger partial charge in [-0.3, -0.25) is 5.41 Å². The summed E-state index contributed by atoms with van der Waals surface area (Å²) in [4.78, 5) is 6.60. The zero-order valence-corrected chi connectivity index (χ0v) is 10.1. The first kappa shape index (κ1) is 11.3. The van der Waals surface area contributed by atoms with E-state index in [1.807, 2.05) is 17.8 Å². The smallest absolute Gasteiger partial charge is 0.129 e. The number of hydrogen-bond acceptors (Lipinski definition) is 4. The van der Waals surface area contributed by atoms with Gasteiger partial charge in [0.1, 0.15) is 11.7 Å². The number of nitrogens with two attached hydrogens (primary N) is 1. The van der Waals surface area contributed by atoms with Gasteiger partial charge in [-0.25, -0.2) is 4.98 Å². The van der Waals surface area contributed by atoms with Crippen LogP contribution in [-0.2, 0) is 0 Å². The van der Waals surface area contributed by atoms with E-state index in [1.54, 1.807) is 12.3 Å². The maximum absolute atomic E-state index is 7.41. The Morgan fingerprint density at radius 3 is 3.19 bits per heavy atom. The van der Waals surface area contributed by atoms with E-state index in [1.165, 1.54) is 0 Å². The lowest BCUT2D eigenvalue weighted by Crippen LogP contribution is -2.37. The minimum Gasteiger partial charge on any atom is -0.384 e. The van der Waals surface area contributed by atoms with Crippen molar-refractivity contribution in [3.8, 4) is 0 Å². The molecule has 5 heteroatoms. The number of aromatic nitrogens is 1. The summed E-state index contributed by atoms with van der Waals surface area (Å²) in [6.45, 7) is 4.26. The van der Waals surface area contributed by atoms with Gasteiger partial charge in [0.25, 0.3) is 0 Å². The molecule has 3 N–H and O–H groups in total. The SMILES string of the molecule is CC1CN(c2cc(C(=N)N)ccn2)CCS1. The average molecular weight is 236 g/mol. The first-order valence-corrected chi connectivity index (χ1v) is 6.38. The highest BCUT2D eigenvalue weighted by Gasteiger charge is 2.18. The van der Waals surface area contributed by atoms with Crippen LogP contribution in [0.5, 0.6) is 0 Å². The minimum absolute atomic E-state index is 0.100. The van der Waals surface area contributed by atoms with Gasteiger partial charge in [0.2, 0.25) is 0 Å². The molecule has 16 heavy (non-hydrogen) atoms. The van der Waals surface area contributed by atoms with Crippen LogP contribution in [0.2, 0.25) is 0 Å². The molecule has 1 fully saturated rings. The monoisotopic (exact) mass is 236 g/mol. The molecule has 2 heterocycles. The van der Waals surface area contributed by atoms with Gasteiger partial charge in [-0.15, -0.1) is 0 Å². The molecule has 1 atom stereocenters. The van der Waals surface area contributed by atoms with Crippen LogP contribution in [0, 0.1) is 5.41 Å². The second-order valence-corrected chi connectivity index (χ2v) is 5.49. The van der Waals surface area contributed by atoms with Crippen molar-refractivity contribution in [2.45, 2.75) is 12.2 Å². The normalized spacial score (nSPS) is 20.8. The number of hydrogen-bond donors (Lipinski definition) is 2. The maximum atomic E-state index is 7.41. The summed E-state index contributed by atoms with van der Waals surface area (Å²) in [5.41, 5.74) is 6.22. The van der Waals surface area contributed by atoms with Crippen molar-refractivity contribution in [3.63, 3.8) is 0 Å². The van der Waals surface area contributed by atoms with Crippen LogP contribution >= 0.6 is 11.8 Å². The van der Waals surface area contributed by atoms with Gasteiger partial charge in [0.15, 0.2) is 0 Å². The molecule has 1 aromatic heterocycles. The van der Waals surface area contributed by atoms with E-state index in [0.29, 0.717) is 5.25 Å². The molecule has 1 unspecified atom stereocenters. The van der Waals surface area contributed by atoms with Crippen molar-refractivity contribution in [1.82, 2.24) is 4.98 Å². The lowest BCUT2D eigenvalue weighted by atomic mass is 10.2. The van der Waals surface area contributed by atoms with Crippen LogP contribution in [0.25, 0.3) is 0 Å². The predicted molar refractivity (Wildman–Crippen MR) is 69.4 cm³/mol. The van der Waals surface area contributed by atoms with Crippen LogP contribution in [0.3, 0.4) is 0 Å². The highest BCUT2D eigenvalue weighted by Crippen LogP contribution is 2.22. The lowest BCUT2D eigenvalue weighted by molar-refractivity contribution is 0.770. The van der Waals surface area contributed by atoms with E-state index in [-0.39, 0.29) is 5.84 Å². The number of pyridine rings is 1. The molecular weight excluding hydrogens is 220 g/mol. The molecule has 1 saturated heterocycles. The first-order valence-electron chi connectivity index (χ1n) is 5.34. The number of amidine groups is 1. The van der Waals surface area contributed by atoms with Crippen molar-refractivity contribution >= 4 is 23.4 Å². The summed E-state index contributed by atoms with van der Waals surface area (Å²) in [5.74, 6) is 2.16. The van der Waals surface area contributed by atoms with E-state index in [9.17, 15) is 0 Å². The highest BCUT2D eigenvalue weighted by atomic mass is 32.2. The van der Waals surface area contributed by atoms with Gasteiger partial charge < -0.3 is 10.6 Å². The van der Waals surface area contributed by atoms with Gasteiger partial charge in [0.05, 0.1) is 0 Å². The summed E-state index contributed by atoms with van der Waals surface area (Å²) in [6, 6.07) is 3.67. The van der Waals surface area contributed by atoms with Gasteiger partial charge in [-0.1, -0.05) is 6.92 Å². The summed E-state index contributed by atoms with van der Waals surface area (Å²) < 4.78 is 0. The predicted octanol–water partition coefficient (Wildman–Crippen LogP) is 1.31. The quantitative estimate of drug-likeness (QED) is 0.600. The molecule has 86 valence electrons. The second kappa shape index (κ2) is 4.74. The van der Waals surface area contributed by atoms with Gasteiger partial charge in [0, 0.05) is 35.9 Å². The molecule has 0 saturated carbocycles. The zero-order chi connectivity index (χ0) is 11.5. The lowest BCUT2D eigenvalue weighted by Gasteiger charge is -2.31. The van der Waals surface area contributed by atoms with Crippen LogP contribution in [0.4, 0.5) is 5.82 Å². The third kappa shape index (κ3) is 2.47. The highest BCUT2D eigenvalue weighted by molar-refractivity contribution is 8.00. The summed E-state index contributed by atoms with van der Waals surface area (Å²) >= 11 is 1.99. The van der Waals surface area contributed by atoms with Crippen molar-refractivity contribution < 1.29 is 0 Å². The molecule has 4 nitrogen and oxygen atoms in total. The molecule has 0 amide bonds. The molecule has 1 aliphatic rings.